The average molecular weight is 423 g/mol. The minimum atomic E-state index is -1.58. The summed E-state index contributed by atoms with van der Waals surface area (Å²) in [5.74, 6) is -4.28. The summed E-state index contributed by atoms with van der Waals surface area (Å²) in [5, 5.41) is 35.0. The van der Waals surface area contributed by atoms with Crippen molar-refractivity contribution in [3.05, 3.63) is 0 Å². The fourth-order valence-electron chi connectivity index (χ4n) is 2.06. The van der Waals surface area contributed by atoms with Gasteiger partial charge in [-0.05, 0) is 19.8 Å². The van der Waals surface area contributed by atoms with Gasteiger partial charge in [-0.1, -0.05) is 13.8 Å². The summed E-state index contributed by atoms with van der Waals surface area (Å²) in [4.78, 5) is 47.8. The molecule has 0 heterocycles. The molecule has 11 nitrogen and oxygen atoms in total. The standard InChI is InChI=1S/C16H30N4O7S/c1-6(2)10(17)14(24)19-11(7(3)21)15(25)18-9(5-28)13(23)20-12(8(4)22)16(26)27/h6-12,21-22,28H,5,17H2,1-4H3,(H,18,25)(H,19,24)(H,20,23)(H,26,27). The number of carbonyl (C=O) groups excluding carboxylic acids is 3. The molecule has 28 heavy (non-hydrogen) atoms. The van der Waals surface area contributed by atoms with E-state index in [4.69, 9.17) is 10.8 Å². The van der Waals surface area contributed by atoms with Crippen molar-refractivity contribution < 1.29 is 34.5 Å². The Morgan fingerprint density at radius 2 is 1.32 bits per heavy atom. The van der Waals surface area contributed by atoms with Crippen molar-refractivity contribution >= 4 is 36.3 Å². The third-order valence-corrected chi connectivity index (χ3v) is 4.31. The van der Waals surface area contributed by atoms with Crippen LogP contribution in [0, 0.1) is 5.92 Å². The zero-order valence-corrected chi connectivity index (χ0v) is 17.1. The number of aliphatic hydroxyl groups excluding tert-OH is 2. The highest BCUT2D eigenvalue weighted by atomic mass is 32.1. The van der Waals surface area contributed by atoms with Crippen LogP contribution >= 0.6 is 12.6 Å². The molecule has 0 rings (SSSR count). The SMILES string of the molecule is CC(C)C(N)C(=O)NC(C(=O)NC(CS)C(=O)NC(C(=O)O)C(C)O)C(C)O. The molecule has 6 atom stereocenters. The zero-order valence-electron chi connectivity index (χ0n) is 16.2. The maximum absolute atomic E-state index is 12.4. The van der Waals surface area contributed by atoms with Crippen LogP contribution in [0.2, 0.25) is 0 Å². The molecular weight excluding hydrogens is 392 g/mol. The predicted molar refractivity (Wildman–Crippen MR) is 103 cm³/mol. The predicted octanol–water partition coefficient (Wildman–Crippen LogP) is -2.80. The van der Waals surface area contributed by atoms with Crippen LogP contribution in [0.1, 0.15) is 27.7 Å². The first-order chi connectivity index (χ1) is 12.8. The van der Waals surface area contributed by atoms with Crippen molar-refractivity contribution in [1.82, 2.24) is 16.0 Å². The van der Waals surface area contributed by atoms with Crippen LogP contribution in [-0.2, 0) is 19.2 Å². The molecule has 3 amide bonds. The molecule has 0 bridgehead atoms. The quantitative estimate of drug-likeness (QED) is 0.164. The summed E-state index contributed by atoms with van der Waals surface area (Å²) >= 11 is 3.95. The molecule has 6 unspecified atom stereocenters. The molecule has 0 saturated heterocycles. The van der Waals surface area contributed by atoms with Crippen molar-refractivity contribution in [2.45, 2.75) is 64.1 Å². The normalized spacial score (nSPS) is 17.6. The molecule has 8 N–H and O–H groups in total. The number of nitrogens with two attached hydrogens (primary N) is 1. The Balaban J connectivity index is 5.18. The summed E-state index contributed by atoms with van der Waals surface area (Å²) in [6.07, 6.45) is -2.67. The van der Waals surface area contributed by atoms with E-state index < -0.39 is 60.1 Å². The highest BCUT2D eigenvalue weighted by molar-refractivity contribution is 7.80. The number of carbonyl (C=O) groups is 4. The molecule has 162 valence electrons. The molecule has 0 aromatic carbocycles. The largest absolute Gasteiger partial charge is 0.480 e. The molecule has 0 aliphatic heterocycles. The van der Waals surface area contributed by atoms with Gasteiger partial charge in [-0.25, -0.2) is 4.79 Å². The lowest BCUT2D eigenvalue weighted by Gasteiger charge is -2.26. The first-order valence-electron chi connectivity index (χ1n) is 8.69. The number of nitrogens with one attached hydrogen (secondary N) is 3. The molecule has 0 aliphatic rings. The Bertz CT molecular complexity index is 571. The smallest absolute Gasteiger partial charge is 0.328 e. The minimum absolute atomic E-state index is 0.199. The van der Waals surface area contributed by atoms with Crippen molar-refractivity contribution in [2.24, 2.45) is 11.7 Å². The van der Waals surface area contributed by atoms with E-state index in [0.29, 0.717) is 0 Å². The Morgan fingerprint density at radius 3 is 1.68 bits per heavy atom. The Labute approximate surface area is 168 Å². The van der Waals surface area contributed by atoms with Gasteiger partial charge in [-0.3, -0.25) is 14.4 Å². The number of carboxylic acids is 1. The fourth-order valence-corrected chi connectivity index (χ4v) is 2.31. The van der Waals surface area contributed by atoms with Crippen LogP contribution in [0.4, 0.5) is 0 Å². The topological polar surface area (TPSA) is 191 Å². The maximum atomic E-state index is 12.4. The molecule has 0 aliphatic carbocycles. The van der Waals surface area contributed by atoms with E-state index in [-0.39, 0.29) is 11.7 Å². The lowest BCUT2D eigenvalue weighted by Crippen LogP contribution is -2.61. The lowest BCUT2D eigenvalue weighted by atomic mass is 10.0. The third kappa shape index (κ3) is 8.00. The fraction of sp³-hybridized carbons (Fsp3) is 0.750. The second-order valence-corrected chi connectivity index (χ2v) is 7.17. The highest BCUT2D eigenvalue weighted by Gasteiger charge is 2.33. The van der Waals surface area contributed by atoms with Crippen LogP contribution in [0.5, 0.6) is 0 Å². The summed E-state index contributed by atoms with van der Waals surface area (Å²) in [5.41, 5.74) is 5.71. The molecule has 0 aromatic rings. The van der Waals surface area contributed by atoms with Gasteiger partial charge in [0.25, 0.3) is 0 Å². The van der Waals surface area contributed by atoms with E-state index in [1.54, 1.807) is 13.8 Å². The Hall–Kier alpha value is -1.89. The molecule has 12 heteroatoms. The molecule has 0 fully saturated rings. The zero-order chi connectivity index (χ0) is 22.2. The van der Waals surface area contributed by atoms with Crippen LogP contribution in [0.15, 0.2) is 0 Å². The van der Waals surface area contributed by atoms with Gasteiger partial charge in [0.1, 0.15) is 12.1 Å². The first kappa shape index (κ1) is 26.1. The van der Waals surface area contributed by atoms with Gasteiger partial charge in [-0.15, -0.1) is 0 Å². The van der Waals surface area contributed by atoms with Gasteiger partial charge < -0.3 is 37.0 Å². The van der Waals surface area contributed by atoms with Crippen LogP contribution in [0.3, 0.4) is 0 Å². The lowest BCUT2D eigenvalue weighted by molar-refractivity contribution is -0.145. The van der Waals surface area contributed by atoms with Gasteiger partial charge in [-0.2, -0.15) is 12.6 Å². The molecule has 0 radical (unpaired) electrons. The van der Waals surface area contributed by atoms with Crippen molar-refractivity contribution in [3.8, 4) is 0 Å². The van der Waals surface area contributed by atoms with Gasteiger partial charge in [0, 0.05) is 5.75 Å². The highest BCUT2D eigenvalue weighted by Crippen LogP contribution is 2.02. The summed E-state index contributed by atoms with van der Waals surface area (Å²) in [7, 11) is 0. The summed E-state index contributed by atoms with van der Waals surface area (Å²) < 4.78 is 0. The Morgan fingerprint density at radius 1 is 0.857 bits per heavy atom. The van der Waals surface area contributed by atoms with Gasteiger partial charge >= 0.3 is 5.97 Å². The third-order valence-electron chi connectivity index (χ3n) is 3.95. The van der Waals surface area contributed by atoms with Gasteiger partial charge in [0.05, 0.1) is 18.2 Å². The number of aliphatic hydroxyl groups is 2. The summed E-state index contributed by atoms with van der Waals surface area (Å²) in [6.45, 7) is 5.88. The van der Waals surface area contributed by atoms with Crippen LogP contribution < -0.4 is 21.7 Å². The maximum Gasteiger partial charge on any atom is 0.328 e. The van der Waals surface area contributed by atoms with Gasteiger partial charge in [0.2, 0.25) is 17.7 Å². The van der Waals surface area contributed by atoms with Crippen LogP contribution in [-0.4, -0.2) is 81.1 Å². The monoisotopic (exact) mass is 422 g/mol. The van der Waals surface area contributed by atoms with E-state index in [1.807, 2.05) is 0 Å². The van der Waals surface area contributed by atoms with Crippen LogP contribution in [0.25, 0.3) is 0 Å². The average Bonchev–Trinajstić information content (AvgIpc) is 2.59. The second-order valence-electron chi connectivity index (χ2n) is 6.81. The van der Waals surface area contributed by atoms with Crippen molar-refractivity contribution in [3.63, 3.8) is 0 Å². The number of thiol groups is 1. The van der Waals surface area contributed by atoms with E-state index in [2.05, 4.69) is 28.6 Å². The number of carboxylic acid groups (broad SMARTS) is 1. The van der Waals surface area contributed by atoms with E-state index in [0.717, 1.165) is 0 Å². The molecule has 0 aromatic heterocycles. The number of hydrogen-bond acceptors (Lipinski definition) is 8. The number of amides is 3. The van der Waals surface area contributed by atoms with Gasteiger partial charge in [0.15, 0.2) is 6.04 Å². The molecule has 0 saturated carbocycles. The second kappa shape index (κ2) is 11.8. The minimum Gasteiger partial charge on any atom is -0.480 e. The van der Waals surface area contributed by atoms with Crippen molar-refractivity contribution in [2.75, 3.05) is 5.75 Å². The van der Waals surface area contributed by atoms with E-state index >= 15 is 0 Å². The number of hydrogen-bond donors (Lipinski definition) is 8. The molecule has 0 spiro atoms. The first-order valence-corrected chi connectivity index (χ1v) is 9.33. The number of rotatable bonds is 11. The van der Waals surface area contributed by atoms with E-state index in [1.165, 1.54) is 13.8 Å². The van der Waals surface area contributed by atoms with Crippen molar-refractivity contribution in [1.29, 1.82) is 0 Å². The van der Waals surface area contributed by atoms with E-state index in [9.17, 15) is 29.4 Å². The molecular formula is C16H30N4O7S. The number of aliphatic carboxylic acids is 1. The Kier molecular flexibility index (Phi) is 11.0. The summed E-state index contributed by atoms with van der Waals surface area (Å²) in [6, 6.07) is -5.14.